The molecular weight excluding hydrogens is 517 g/mol. The number of likely N-dealkylation sites (tertiary alicyclic amines) is 1. The number of benzene rings is 1. The Balaban J connectivity index is 1.71. The molecular formula is C27H25F3N4O5. The number of alkyl halides is 3. The van der Waals surface area contributed by atoms with Crippen LogP contribution in [0.4, 0.5) is 13.2 Å². The van der Waals surface area contributed by atoms with Crippen molar-refractivity contribution in [3.63, 3.8) is 0 Å². The minimum absolute atomic E-state index is 0.0128. The molecule has 0 saturated carbocycles. The summed E-state index contributed by atoms with van der Waals surface area (Å²) < 4.78 is 51.7. The number of carboxylic acid groups (broad SMARTS) is 1. The van der Waals surface area contributed by atoms with E-state index in [1.54, 1.807) is 31.1 Å². The van der Waals surface area contributed by atoms with Crippen molar-refractivity contribution >= 4 is 22.9 Å². The molecule has 3 aromatic heterocycles. The fourth-order valence-electron chi connectivity index (χ4n) is 5.20. The smallest absolute Gasteiger partial charge is 0.478 e. The summed E-state index contributed by atoms with van der Waals surface area (Å²) in [6, 6.07) is 5.17. The zero-order valence-electron chi connectivity index (χ0n) is 21.4. The van der Waals surface area contributed by atoms with E-state index in [4.69, 9.17) is 9.51 Å². The molecule has 0 spiro atoms. The average molecular weight is 543 g/mol. The van der Waals surface area contributed by atoms with E-state index in [1.165, 1.54) is 19.1 Å². The zero-order chi connectivity index (χ0) is 28.1. The lowest BCUT2D eigenvalue weighted by molar-refractivity contribution is -0.274. The van der Waals surface area contributed by atoms with Crippen LogP contribution in [0, 0.1) is 13.8 Å². The molecule has 0 atom stereocenters. The lowest BCUT2D eigenvalue weighted by atomic mass is 10.00. The summed E-state index contributed by atoms with van der Waals surface area (Å²) in [6.45, 7) is 6.15. The molecule has 1 aromatic carbocycles. The van der Waals surface area contributed by atoms with Crippen LogP contribution in [0.1, 0.15) is 47.6 Å². The van der Waals surface area contributed by atoms with E-state index in [2.05, 4.69) is 9.89 Å². The number of amides is 1. The maximum absolute atomic E-state index is 13.4. The molecule has 204 valence electrons. The highest BCUT2D eigenvalue weighted by atomic mass is 19.4. The number of pyridine rings is 1. The topological polar surface area (TPSA) is 111 Å². The maximum Gasteiger partial charge on any atom is 0.573 e. The van der Waals surface area contributed by atoms with Gasteiger partial charge in [0.05, 0.1) is 11.3 Å². The number of ether oxygens (including phenoxy) is 1. The maximum atomic E-state index is 13.4. The van der Waals surface area contributed by atoms with Crippen molar-refractivity contribution in [2.45, 2.75) is 46.0 Å². The zero-order valence-corrected chi connectivity index (χ0v) is 21.4. The van der Waals surface area contributed by atoms with E-state index >= 15 is 0 Å². The van der Waals surface area contributed by atoms with Crippen LogP contribution in [0.25, 0.3) is 33.3 Å². The number of aryl methyl sites for hydroxylation is 2. The summed E-state index contributed by atoms with van der Waals surface area (Å²) in [5.41, 5.74) is 2.71. The lowest BCUT2D eigenvalue weighted by Gasteiger charge is -2.32. The molecule has 4 aromatic rings. The van der Waals surface area contributed by atoms with Gasteiger partial charge in [-0.25, -0.2) is 9.78 Å². The Morgan fingerprint density at radius 1 is 1.13 bits per heavy atom. The Bertz CT molecular complexity index is 1560. The number of fused-ring (bicyclic) bond motifs is 1. The minimum Gasteiger partial charge on any atom is -0.478 e. The number of aromatic nitrogens is 3. The van der Waals surface area contributed by atoms with Crippen LogP contribution in [-0.4, -0.2) is 56.0 Å². The molecule has 12 heteroatoms. The summed E-state index contributed by atoms with van der Waals surface area (Å²) >= 11 is 0. The van der Waals surface area contributed by atoms with E-state index in [-0.39, 0.29) is 23.1 Å². The Morgan fingerprint density at radius 2 is 1.85 bits per heavy atom. The lowest BCUT2D eigenvalue weighted by Crippen LogP contribution is -2.37. The first-order chi connectivity index (χ1) is 18.4. The van der Waals surface area contributed by atoms with Gasteiger partial charge in [0.15, 0.2) is 0 Å². The first-order valence-corrected chi connectivity index (χ1v) is 12.3. The molecule has 9 nitrogen and oxygen atoms in total. The normalized spacial score (nSPS) is 14.7. The van der Waals surface area contributed by atoms with Crippen LogP contribution in [-0.2, 0) is 4.79 Å². The minimum atomic E-state index is -5.04. The molecule has 0 aliphatic carbocycles. The highest BCUT2D eigenvalue weighted by molar-refractivity contribution is 5.99. The second kappa shape index (κ2) is 9.75. The van der Waals surface area contributed by atoms with Crippen molar-refractivity contribution < 1.29 is 37.1 Å². The second-order valence-electron chi connectivity index (χ2n) is 9.55. The van der Waals surface area contributed by atoms with Crippen LogP contribution in [0.15, 0.2) is 41.2 Å². The highest BCUT2D eigenvalue weighted by Crippen LogP contribution is 2.42. The Hall–Kier alpha value is -4.35. The number of hydrogen-bond acceptors (Lipinski definition) is 6. The van der Waals surface area contributed by atoms with Crippen LogP contribution in [0.3, 0.4) is 0 Å². The molecule has 1 aliphatic rings. The fraction of sp³-hybridized carbons (Fsp3) is 0.333. The summed E-state index contributed by atoms with van der Waals surface area (Å²) in [7, 11) is 0. The van der Waals surface area contributed by atoms with Crippen molar-refractivity contribution in [2.75, 3.05) is 13.1 Å². The van der Waals surface area contributed by atoms with Gasteiger partial charge in [-0.1, -0.05) is 5.16 Å². The van der Waals surface area contributed by atoms with Gasteiger partial charge in [-0.3, -0.25) is 4.79 Å². The third-order valence-electron chi connectivity index (χ3n) is 7.04. The van der Waals surface area contributed by atoms with Crippen LogP contribution in [0.5, 0.6) is 5.75 Å². The first-order valence-electron chi connectivity index (χ1n) is 12.3. The van der Waals surface area contributed by atoms with Crippen molar-refractivity contribution in [2.24, 2.45) is 0 Å². The van der Waals surface area contributed by atoms with Gasteiger partial charge in [-0.15, -0.1) is 13.2 Å². The van der Waals surface area contributed by atoms with Gasteiger partial charge < -0.3 is 23.8 Å². The number of carbonyl (C=O) groups excluding carboxylic acids is 1. The largest absolute Gasteiger partial charge is 0.573 e. The number of hydrogen-bond donors (Lipinski definition) is 1. The Morgan fingerprint density at radius 3 is 2.44 bits per heavy atom. The van der Waals surface area contributed by atoms with Crippen LogP contribution >= 0.6 is 0 Å². The monoisotopic (exact) mass is 542 g/mol. The average Bonchev–Trinajstić information content (AvgIpc) is 3.42. The standard InChI is InChI=1S/C27H25F3N4O5/c1-14-24(15(2)39-32-14)18-10-21-22(20-5-4-17(26(36)37)11-23(20)38-27(28,29)30)13-34(25(21)31-12-18)19-6-8-33(9-7-19)16(3)35/h4-5,10-13,19H,6-9H2,1-3H3,(H,36,37). The third kappa shape index (κ3) is 5.06. The van der Waals surface area contributed by atoms with Gasteiger partial charge in [0.1, 0.15) is 17.2 Å². The second-order valence-corrected chi connectivity index (χ2v) is 9.55. The fourth-order valence-corrected chi connectivity index (χ4v) is 5.20. The van der Waals surface area contributed by atoms with Crippen molar-refractivity contribution in [3.8, 4) is 28.0 Å². The van der Waals surface area contributed by atoms with Crippen molar-refractivity contribution in [1.29, 1.82) is 0 Å². The molecule has 1 fully saturated rings. The van der Waals surface area contributed by atoms with Crippen LogP contribution in [0.2, 0.25) is 0 Å². The number of rotatable bonds is 5. The van der Waals surface area contributed by atoms with E-state index < -0.39 is 18.1 Å². The predicted molar refractivity (Wildman–Crippen MR) is 134 cm³/mol. The number of halogens is 3. The highest BCUT2D eigenvalue weighted by Gasteiger charge is 2.34. The molecule has 0 unspecified atom stereocenters. The van der Waals surface area contributed by atoms with Gasteiger partial charge in [0, 0.05) is 66.1 Å². The van der Waals surface area contributed by atoms with E-state index in [0.29, 0.717) is 59.5 Å². The van der Waals surface area contributed by atoms with Gasteiger partial charge >= 0.3 is 12.3 Å². The molecule has 39 heavy (non-hydrogen) atoms. The molecule has 1 aliphatic heterocycles. The number of carboxylic acids is 1. The van der Waals surface area contributed by atoms with Crippen LogP contribution < -0.4 is 4.74 Å². The molecule has 1 saturated heterocycles. The molecule has 4 heterocycles. The van der Waals surface area contributed by atoms with Gasteiger partial charge in [-0.2, -0.15) is 0 Å². The molecule has 5 rings (SSSR count). The summed E-state index contributed by atoms with van der Waals surface area (Å²) in [4.78, 5) is 29.8. The van der Waals surface area contributed by atoms with E-state index in [0.717, 1.165) is 11.6 Å². The summed E-state index contributed by atoms with van der Waals surface area (Å²) in [5.74, 6) is -1.45. The molecule has 1 N–H and O–H groups in total. The molecule has 0 bridgehead atoms. The van der Waals surface area contributed by atoms with Crippen molar-refractivity contribution in [3.05, 3.63) is 53.7 Å². The SMILES string of the molecule is CC(=O)N1CCC(n2cc(-c3ccc(C(=O)O)cc3OC(F)(F)F)c3cc(-c4c(C)noc4C)cnc32)CC1. The van der Waals surface area contributed by atoms with Crippen molar-refractivity contribution in [1.82, 2.24) is 19.6 Å². The predicted octanol–water partition coefficient (Wildman–Crippen LogP) is 5.76. The Kier molecular flexibility index (Phi) is 6.57. The van der Waals surface area contributed by atoms with Gasteiger partial charge in [0.2, 0.25) is 5.91 Å². The quantitative estimate of drug-likeness (QED) is 0.342. The third-order valence-corrected chi connectivity index (χ3v) is 7.04. The van der Waals surface area contributed by atoms with E-state index in [9.17, 15) is 27.9 Å². The number of nitrogens with zero attached hydrogens (tertiary/aromatic N) is 4. The number of carbonyl (C=O) groups is 2. The van der Waals surface area contributed by atoms with E-state index in [1.807, 2.05) is 10.6 Å². The van der Waals surface area contributed by atoms with Gasteiger partial charge in [-0.05, 0) is 51.0 Å². The number of piperidine rings is 1. The Labute approximate surface area is 220 Å². The number of aromatic carboxylic acids is 1. The molecule has 0 radical (unpaired) electrons. The molecule has 1 amide bonds. The van der Waals surface area contributed by atoms with Gasteiger partial charge in [0.25, 0.3) is 0 Å². The summed E-state index contributed by atoms with van der Waals surface area (Å²) in [5, 5.41) is 13.9. The first kappa shape index (κ1) is 26.3. The summed E-state index contributed by atoms with van der Waals surface area (Å²) in [6.07, 6.45) is -0.369.